The summed E-state index contributed by atoms with van der Waals surface area (Å²) in [7, 11) is 3.89. The van der Waals surface area contributed by atoms with Crippen molar-refractivity contribution >= 4 is 5.91 Å². The Morgan fingerprint density at radius 1 is 1.20 bits per heavy atom. The van der Waals surface area contributed by atoms with Crippen molar-refractivity contribution in [2.45, 2.75) is 19.3 Å². The van der Waals surface area contributed by atoms with Gasteiger partial charge in [-0.05, 0) is 44.1 Å². The molecule has 0 aliphatic rings. The number of carbonyl (C=O) groups excluding carboxylic acids is 1. The van der Waals surface area contributed by atoms with Crippen LogP contribution in [0.25, 0.3) is 0 Å². The van der Waals surface area contributed by atoms with Gasteiger partial charge in [0.05, 0.1) is 0 Å². The molecule has 1 amide bonds. The summed E-state index contributed by atoms with van der Waals surface area (Å²) in [6.45, 7) is 3.11. The maximum Gasteiger partial charge on any atom is 0.223 e. The fourth-order valence-corrected chi connectivity index (χ4v) is 1.91. The zero-order valence-corrected chi connectivity index (χ0v) is 12.6. The van der Waals surface area contributed by atoms with Crippen molar-refractivity contribution in [3.63, 3.8) is 0 Å². The van der Waals surface area contributed by atoms with Gasteiger partial charge in [-0.2, -0.15) is 0 Å². The quantitative estimate of drug-likeness (QED) is 0.724. The van der Waals surface area contributed by atoms with E-state index in [2.05, 4.69) is 9.88 Å². The van der Waals surface area contributed by atoms with Crippen LogP contribution in [0.4, 0.5) is 0 Å². The summed E-state index contributed by atoms with van der Waals surface area (Å²) in [5.74, 6) is 0.189. The smallest absolute Gasteiger partial charge is 0.223 e. The van der Waals surface area contributed by atoms with Gasteiger partial charge in [-0.15, -0.1) is 0 Å². The molecular formula is C15H26N4O. The van der Waals surface area contributed by atoms with E-state index in [1.807, 2.05) is 38.6 Å². The molecule has 1 aromatic heterocycles. The molecule has 0 saturated carbocycles. The van der Waals surface area contributed by atoms with E-state index >= 15 is 0 Å². The second-order valence-corrected chi connectivity index (χ2v) is 5.12. The van der Waals surface area contributed by atoms with E-state index in [0.29, 0.717) is 13.0 Å². The van der Waals surface area contributed by atoms with Crippen LogP contribution in [-0.2, 0) is 11.2 Å². The number of carbonyl (C=O) groups is 1. The van der Waals surface area contributed by atoms with Crippen molar-refractivity contribution in [3.8, 4) is 0 Å². The molecule has 0 aromatic carbocycles. The molecule has 1 aromatic rings. The fourth-order valence-electron chi connectivity index (χ4n) is 1.91. The second-order valence-electron chi connectivity index (χ2n) is 5.12. The van der Waals surface area contributed by atoms with Crippen LogP contribution in [0.1, 0.15) is 18.4 Å². The van der Waals surface area contributed by atoms with E-state index in [-0.39, 0.29) is 5.91 Å². The molecule has 20 heavy (non-hydrogen) atoms. The zero-order valence-electron chi connectivity index (χ0n) is 12.6. The van der Waals surface area contributed by atoms with E-state index < -0.39 is 0 Å². The van der Waals surface area contributed by atoms with E-state index in [9.17, 15) is 4.79 Å². The van der Waals surface area contributed by atoms with Crippen molar-refractivity contribution in [3.05, 3.63) is 30.1 Å². The van der Waals surface area contributed by atoms with Crippen LogP contribution >= 0.6 is 0 Å². The third kappa shape index (κ3) is 6.63. The predicted octanol–water partition coefficient (Wildman–Crippen LogP) is 0.753. The van der Waals surface area contributed by atoms with Gasteiger partial charge >= 0.3 is 0 Å². The van der Waals surface area contributed by atoms with Gasteiger partial charge in [-0.1, -0.05) is 0 Å². The highest BCUT2D eigenvalue weighted by Gasteiger charge is 2.09. The molecule has 0 aliphatic carbocycles. The summed E-state index contributed by atoms with van der Waals surface area (Å²) in [5, 5.41) is 0. The van der Waals surface area contributed by atoms with Gasteiger partial charge in [0.15, 0.2) is 0 Å². The predicted molar refractivity (Wildman–Crippen MR) is 81.4 cm³/mol. The van der Waals surface area contributed by atoms with Crippen LogP contribution in [-0.4, -0.2) is 61.0 Å². The molecule has 1 rings (SSSR count). The van der Waals surface area contributed by atoms with Gasteiger partial charge in [0.2, 0.25) is 5.91 Å². The molecule has 0 aliphatic heterocycles. The maximum absolute atomic E-state index is 11.9. The molecule has 0 atom stereocenters. The number of amides is 1. The molecule has 0 radical (unpaired) electrons. The van der Waals surface area contributed by atoms with Crippen molar-refractivity contribution in [1.29, 1.82) is 0 Å². The molecule has 0 spiro atoms. The monoisotopic (exact) mass is 278 g/mol. The molecule has 2 N–H and O–H groups in total. The first kappa shape index (κ1) is 16.6. The van der Waals surface area contributed by atoms with Crippen molar-refractivity contribution in [1.82, 2.24) is 14.8 Å². The average molecular weight is 278 g/mol. The Bertz CT molecular complexity index is 383. The van der Waals surface area contributed by atoms with E-state index in [1.54, 1.807) is 4.90 Å². The third-order valence-corrected chi connectivity index (χ3v) is 3.36. The van der Waals surface area contributed by atoms with Gasteiger partial charge in [0.25, 0.3) is 0 Å². The van der Waals surface area contributed by atoms with Crippen molar-refractivity contribution in [2.24, 2.45) is 5.73 Å². The maximum atomic E-state index is 11.9. The molecule has 5 heteroatoms. The Hall–Kier alpha value is -1.46. The van der Waals surface area contributed by atoms with Gasteiger partial charge in [0, 0.05) is 45.5 Å². The molecule has 0 fully saturated rings. The molecule has 1 heterocycles. The zero-order chi connectivity index (χ0) is 14.8. The van der Waals surface area contributed by atoms with Crippen LogP contribution in [0.3, 0.4) is 0 Å². The third-order valence-electron chi connectivity index (χ3n) is 3.36. The number of rotatable bonds is 9. The number of aromatic nitrogens is 1. The minimum Gasteiger partial charge on any atom is -0.346 e. The highest BCUT2D eigenvalue weighted by atomic mass is 16.2. The minimum atomic E-state index is 0.189. The van der Waals surface area contributed by atoms with Gasteiger partial charge in [0.1, 0.15) is 0 Å². The summed E-state index contributed by atoms with van der Waals surface area (Å²) in [6, 6.07) is 4.05. The number of likely N-dealkylation sites (N-methyl/N-ethyl adjacent to an activating group) is 1. The summed E-state index contributed by atoms with van der Waals surface area (Å²) >= 11 is 0. The Morgan fingerprint density at radius 3 is 2.55 bits per heavy atom. The van der Waals surface area contributed by atoms with Crippen LogP contribution in [0.2, 0.25) is 0 Å². The van der Waals surface area contributed by atoms with Crippen LogP contribution in [0, 0.1) is 0 Å². The van der Waals surface area contributed by atoms with E-state index in [0.717, 1.165) is 32.5 Å². The van der Waals surface area contributed by atoms with Crippen LogP contribution in [0.5, 0.6) is 0 Å². The Morgan fingerprint density at radius 2 is 1.90 bits per heavy atom. The standard InChI is InChI=1S/C15H26N4O/c1-18(12-6-14-4-9-17-10-5-14)13-7-15(20)19(2)11-3-8-16/h4-5,9-10H,3,6-8,11-13,16H2,1-2H3. The Balaban J connectivity index is 2.19. The lowest BCUT2D eigenvalue weighted by molar-refractivity contribution is -0.130. The van der Waals surface area contributed by atoms with Crippen molar-refractivity contribution in [2.75, 3.05) is 40.3 Å². The Kier molecular flexibility index (Phi) is 7.84. The molecule has 0 saturated heterocycles. The largest absolute Gasteiger partial charge is 0.346 e. The number of hydrogen-bond donors (Lipinski definition) is 1. The summed E-state index contributed by atoms with van der Waals surface area (Å²) < 4.78 is 0. The highest BCUT2D eigenvalue weighted by molar-refractivity contribution is 5.76. The molecule has 112 valence electrons. The normalized spacial score (nSPS) is 10.8. The van der Waals surface area contributed by atoms with Gasteiger partial charge < -0.3 is 15.5 Å². The first-order valence-corrected chi connectivity index (χ1v) is 7.15. The minimum absolute atomic E-state index is 0.189. The van der Waals surface area contributed by atoms with Crippen LogP contribution in [0.15, 0.2) is 24.5 Å². The SMILES string of the molecule is CN(CCC(=O)N(C)CCCN)CCc1ccncc1. The topological polar surface area (TPSA) is 62.5 Å². The fraction of sp³-hybridized carbons (Fsp3) is 0.600. The Labute approximate surface area is 121 Å². The second kappa shape index (κ2) is 9.44. The number of nitrogens with zero attached hydrogens (tertiary/aromatic N) is 3. The van der Waals surface area contributed by atoms with E-state index in [1.165, 1.54) is 5.56 Å². The number of nitrogens with two attached hydrogens (primary N) is 1. The first-order chi connectivity index (χ1) is 9.63. The van der Waals surface area contributed by atoms with Gasteiger partial charge in [-0.25, -0.2) is 0 Å². The van der Waals surface area contributed by atoms with Gasteiger partial charge in [-0.3, -0.25) is 9.78 Å². The molecule has 0 bridgehead atoms. The number of hydrogen-bond acceptors (Lipinski definition) is 4. The van der Waals surface area contributed by atoms with Crippen LogP contribution < -0.4 is 5.73 Å². The molecular weight excluding hydrogens is 252 g/mol. The van der Waals surface area contributed by atoms with Crippen molar-refractivity contribution < 1.29 is 4.79 Å². The first-order valence-electron chi connectivity index (χ1n) is 7.15. The lowest BCUT2D eigenvalue weighted by Gasteiger charge is -2.20. The highest BCUT2D eigenvalue weighted by Crippen LogP contribution is 2.00. The lowest BCUT2D eigenvalue weighted by Crippen LogP contribution is -2.32. The summed E-state index contributed by atoms with van der Waals surface area (Å²) in [5.41, 5.74) is 6.72. The lowest BCUT2D eigenvalue weighted by atomic mass is 10.2. The molecule has 5 nitrogen and oxygen atoms in total. The number of pyridine rings is 1. The average Bonchev–Trinajstić information content (AvgIpc) is 2.49. The molecule has 0 unspecified atom stereocenters. The summed E-state index contributed by atoms with van der Waals surface area (Å²) in [4.78, 5) is 19.8. The summed E-state index contributed by atoms with van der Waals surface area (Å²) in [6.07, 6.45) is 6.03. The van der Waals surface area contributed by atoms with E-state index in [4.69, 9.17) is 5.73 Å².